The number of aliphatic hydroxyl groups excluding tert-OH is 2. The SMILES string of the molecule is C[C@H]1OC(C)(C)O[C@@H]1CC(O)CO. The van der Waals surface area contributed by atoms with Crippen molar-refractivity contribution in [3.63, 3.8) is 0 Å². The summed E-state index contributed by atoms with van der Waals surface area (Å²) in [6, 6.07) is 0. The van der Waals surface area contributed by atoms with Crippen LogP contribution in [-0.4, -0.2) is 40.9 Å². The highest BCUT2D eigenvalue weighted by Gasteiger charge is 2.39. The summed E-state index contributed by atoms with van der Waals surface area (Å²) in [7, 11) is 0. The van der Waals surface area contributed by atoms with Gasteiger partial charge in [-0.05, 0) is 20.8 Å². The van der Waals surface area contributed by atoms with Crippen LogP contribution in [0, 0.1) is 0 Å². The van der Waals surface area contributed by atoms with E-state index in [0.29, 0.717) is 6.42 Å². The molecule has 0 aromatic heterocycles. The molecule has 1 aliphatic heterocycles. The van der Waals surface area contributed by atoms with Crippen molar-refractivity contribution >= 4 is 0 Å². The van der Waals surface area contributed by atoms with Crippen LogP contribution in [0.3, 0.4) is 0 Å². The predicted molar refractivity (Wildman–Crippen MR) is 47.2 cm³/mol. The topological polar surface area (TPSA) is 58.9 Å². The van der Waals surface area contributed by atoms with E-state index < -0.39 is 11.9 Å². The van der Waals surface area contributed by atoms with E-state index in [9.17, 15) is 5.11 Å². The Balaban J connectivity index is 2.44. The van der Waals surface area contributed by atoms with E-state index in [2.05, 4.69) is 0 Å². The van der Waals surface area contributed by atoms with Crippen LogP contribution in [0.15, 0.2) is 0 Å². The highest BCUT2D eigenvalue weighted by molar-refractivity contribution is 4.80. The van der Waals surface area contributed by atoms with Crippen molar-refractivity contribution in [1.82, 2.24) is 0 Å². The first-order valence-electron chi connectivity index (χ1n) is 4.59. The molecule has 1 saturated heterocycles. The third-order valence-corrected chi connectivity index (χ3v) is 2.14. The number of hydrogen-bond donors (Lipinski definition) is 2. The fourth-order valence-corrected chi connectivity index (χ4v) is 1.59. The average Bonchev–Trinajstić information content (AvgIpc) is 2.24. The molecule has 0 aromatic carbocycles. The van der Waals surface area contributed by atoms with Crippen LogP contribution in [0.5, 0.6) is 0 Å². The first kappa shape index (κ1) is 10.9. The molecular weight excluding hydrogens is 172 g/mol. The van der Waals surface area contributed by atoms with Crippen molar-refractivity contribution < 1.29 is 19.7 Å². The van der Waals surface area contributed by atoms with Crippen LogP contribution >= 0.6 is 0 Å². The molecule has 1 unspecified atom stereocenters. The Morgan fingerprint density at radius 3 is 2.38 bits per heavy atom. The van der Waals surface area contributed by atoms with Crippen LogP contribution < -0.4 is 0 Å². The molecule has 0 aromatic rings. The Morgan fingerprint density at radius 1 is 1.38 bits per heavy atom. The first-order valence-corrected chi connectivity index (χ1v) is 4.59. The van der Waals surface area contributed by atoms with Crippen molar-refractivity contribution in [2.45, 2.75) is 51.3 Å². The van der Waals surface area contributed by atoms with Gasteiger partial charge in [-0.25, -0.2) is 0 Å². The highest BCUT2D eigenvalue weighted by Crippen LogP contribution is 2.29. The molecule has 0 aliphatic carbocycles. The number of aliphatic hydroxyl groups is 2. The lowest BCUT2D eigenvalue weighted by molar-refractivity contribution is -0.147. The highest BCUT2D eigenvalue weighted by atomic mass is 16.7. The zero-order valence-electron chi connectivity index (χ0n) is 8.36. The van der Waals surface area contributed by atoms with Crippen molar-refractivity contribution in [1.29, 1.82) is 0 Å². The average molecular weight is 190 g/mol. The van der Waals surface area contributed by atoms with Crippen molar-refractivity contribution in [2.75, 3.05) is 6.61 Å². The van der Waals surface area contributed by atoms with E-state index in [1.807, 2.05) is 20.8 Å². The van der Waals surface area contributed by atoms with E-state index in [1.54, 1.807) is 0 Å². The second-order valence-electron chi connectivity index (χ2n) is 3.95. The summed E-state index contributed by atoms with van der Waals surface area (Å²) in [6.07, 6.45) is -0.459. The van der Waals surface area contributed by atoms with E-state index in [0.717, 1.165) is 0 Å². The van der Waals surface area contributed by atoms with Gasteiger partial charge in [-0.1, -0.05) is 0 Å². The Bertz CT molecular complexity index is 169. The summed E-state index contributed by atoms with van der Waals surface area (Å²) in [5.41, 5.74) is 0. The minimum absolute atomic E-state index is 0.0313. The van der Waals surface area contributed by atoms with E-state index in [-0.39, 0.29) is 18.8 Å². The standard InChI is InChI=1S/C9H18O4/c1-6-8(4-7(11)5-10)13-9(2,3)12-6/h6-8,10-11H,4-5H2,1-3H3/t6-,7?,8-/m1/s1. The fourth-order valence-electron chi connectivity index (χ4n) is 1.59. The van der Waals surface area contributed by atoms with Crippen molar-refractivity contribution in [3.05, 3.63) is 0 Å². The zero-order valence-corrected chi connectivity index (χ0v) is 8.36. The number of hydrogen-bond acceptors (Lipinski definition) is 4. The van der Waals surface area contributed by atoms with Gasteiger partial charge in [0.15, 0.2) is 5.79 Å². The summed E-state index contributed by atoms with van der Waals surface area (Å²) < 4.78 is 11.0. The zero-order chi connectivity index (χ0) is 10.1. The van der Waals surface area contributed by atoms with Gasteiger partial charge in [0.2, 0.25) is 0 Å². The lowest BCUT2D eigenvalue weighted by Crippen LogP contribution is -2.27. The molecule has 3 atom stereocenters. The molecule has 0 radical (unpaired) electrons. The third kappa shape index (κ3) is 2.91. The van der Waals surface area contributed by atoms with Crippen LogP contribution in [0.1, 0.15) is 27.2 Å². The van der Waals surface area contributed by atoms with Gasteiger partial charge in [-0.3, -0.25) is 0 Å². The van der Waals surface area contributed by atoms with Crippen molar-refractivity contribution in [3.8, 4) is 0 Å². The van der Waals surface area contributed by atoms with Gasteiger partial charge in [0, 0.05) is 6.42 Å². The minimum atomic E-state index is -0.718. The molecule has 13 heavy (non-hydrogen) atoms. The monoisotopic (exact) mass is 190 g/mol. The molecule has 0 spiro atoms. The molecular formula is C9H18O4. The number of ether oxygens (including phenoxy) is 2. The van der Waals surface area contributed by atoms with Gasteiger partial charge >= 0.3 is 0 Å². The molecule has 0 bridgehead atoms. The van der Waals surface area contributed by atoms with Gasteiger partial charge < -0.3 is 19.7 Å². The maximum Gasteiger partial charge on any atom is 0.163 e. The Hall–Kier alpha value is -0.160. The third-order valence-electron chi connectivity index (χ3n) is 2.14. The number of rotatable bonds is 3. The molecule has 2 N–H and O–H groups in total. The quantitative estimate of drug-likeness (QED) is 0.670. The summed E-state index contributed by atoms with van der Waals surface area (Å²) in [6.45, 7) is 5.36. The molecule has 1 aliphatic rings. The van der Waals surface area contributed by atoms with Crippen LogP contribution in [0.4, 0.5) is 0 Å². The Labute approximate surface area is 78.5 Å². The van der Waals surface area contributed by atoms with E-state index in [1.165, 1.54) is 0 Å². The summed E-state index contributed by atoms with van der Waals surface area (Å²) in [5.74, 6) is -0.570. The molecule has 4 nitrogen and oxygen atoms in total. The second-order valence-corrected chi connectivity index (χ2v) is 3.95. The molecule has 0 saturated carbocycles. The molecule has 1 rings (SSSR count). The summed E-state index contributed by atoms with van der Waals surface area (Å²) >= 11 is 0. The first-order chi connectivity index (χ1) is 5.94. The maximum absolute atomic E-state index is 9.22. The Morgan fingerprint density at radius 2 is 2.00 bits per heavy atom. The minimum Gasteiger partial charge on any atom is -0.394 e. The Kier molecular flexibility index (Phi) is 3.29. The fraction of sp³-hybridized carbons (Fsp3) is 1.00. The molecule has 78 valence electrons. The maximum atomic E-state index is 9.22. The van der Waals surface area contributed by atoms with Crippen LogP contribution in [0.2, 0.25) is 0 Å². The molecule has 4 heteroatoms. The second kappa shape index (κ2) is 3.92. The summed E-state index contributed by atoms with van der Waals surface area (Å²) in [4.78, 5) is 0. The molecule has 1 heterocycles. The van der Waals surface area contributed by atoms with Gasteiger partial charge in [-0.2, -0.15) is 0 Å². The predicted octanol–water partition coefficient (Wildman–Crippen LogP) is 0.270. The lowest BCUT2D eigenvalue weighted by atomic mass is 10.1. The largest absolute Gasteiger partial charge is 0.394 e. The van der Waals surface area contributed by atoms with Gasteiger partial charge in [-0.15, -0.1) is 0 Å². The lowest BCUT2D eigenvalue weighted by Gasteiger charge is -2.18. The normalized spacial score (nSPS) is 34.8. The van der Waals surface area contributed by atoms with Crippen LogP contribution in [-0.2, 0) is 9.47 Å². The molecule has 1 fully saturated rings. The van der Waals surface area contributed by atoms with Crippen LogP contribution in [0.25, 0.3) is 0 Å². The van der Waals surface area contributed by atoms with E-state index in [4.69, 9.17) is 14.6 Å². The van der Waals surface area contributed by atoms with E-state index >= 15 is 0 Å². The summed E-state index contributed by atoms with van der Waals surface area (Å²) in [5, 5.41) is 17.9. The molecule has 0 amide bonds. The smallest absolute Gasteiger partial charge is 0.163 e. The van der Waals surface area contributed by atoms with Gasteiger partial charge in [0.25, 0.3) is 0 Å². The van der Waals surface area contributed by atoms with Crippen molar-refractivity contribution in [2.24, 2.45) is 0 Å². The van der Waals surface area contributed by atoms with Gasteiger partial charge in [0.05, 0.1) is 24.9 Å². The van der Waals surface area contributed by atoms with Gasteiger partial charge in [0.1, 0.15) is 0 Å².